The van der Waals surface area contributed by atoms with Gasteiger partial charge in [-0.1, -0.05) is 23.4 Å². The van der Waals surface area contributed by atoms with Gasteiger partial charge in [0.2, 0.25) is 0 Å². The Hall–Kier alpha value is -3.41. The second-order valence-corrected chi connectivity index (χ2v) is 5.19. The zero-order chi connectivity index (χ0) is 17.6. The predicted molar refractivity (Wildman–Crippen MR) is 94.3 cm³/mol. The average Bonchev–Trinajstić information content (AvgIpc) is 3.15. The van der Waals surface area contributed by atoms with Crippen molar-refractivity contribution in [2.75, 3.05) is 14.2 Å². The summed E-state index contributed by atoms with van der Waals surface area (Å²) < 4.78 is 12.0. The van der Waals surface area contributed by atoms with Crippen molar-refractivity contribution < 1.29 is 14.3 Å². The number of hydrogen-bond donors (Lipinski definition) is 0. The third kappa shape index (κ3) is 3.74. The van der Waals surface area contributed by atoms with Gasteiger partial charge in [-0.25, -0.2) is 4.68 Å². The number of ketones is 1. The van der Waals surface area contributed by atoms with Crippen molar-refractivity contribution in [3.63, 3.8) is 0 Å². The number of hydrogen-bond acceptors (Lipinski definition) is 5. The zero-order valence-corrected chi connectivity index (χ0v) is 13.9. The van der Waals surface area contributed by atoms with E-state index >= 15 is 0 Å². The van der Waals surface area contributed by atoms with Crippen LogP contribution in [-0.2, 0) is 0 Å². The molecular weight excluding hydrogens is 318 g/mol. The molecular formula is C19H17N3O3. The summed E-state index contributed by atoms with van der Waals surface area (Å²) in [4.78, 5) is 12.4. The number of carbonyl (C=O) groups excluding carboxylic acids is 1. The van der Waals surface area contributed by atoms with E-state index in [2.05, 4.69) is 10.3 Å². The molecule has 3 rings (SSSR count). The van der Waals surface area contributed by atoms with E-state index in [1.165, 1.54) is 13.2 Å². The summed E-state index contributed by atoms with van der Waals surface area (Å²) in [6.45, 7) is 0. The molecule has 0 saturated carbocycles. The molecule has 0 unspecified atom stereocenters. The molecule has 0 amide bonds. The summed E-state index contributed by atoms with van der Waals surface area (Å²) in [6.07, 6.45) is 4.83. The van der Waals surface area contributed by atoms with Gasteiger partial charge in [-0.15, -0.1) is 5.10 Å². The molecule has 0 N–H and O–H groups in total. The number of nitrogens with zero attached hydrogens (tertiary/aromatic N) is 3. The fraction of sp³-hybridized carbons (Fsp3) is 0.105. The molecule has 0 radical (unpaired) electrons. The molecule has 0 fully saturated rings. The first-order chi connectivity index (χ1) is 12.2. The highest BCUT2D eigenvalue weighted by Crippen LogP contribution is 2.25. The molecule has 0 bridgehead atoms. The number of methoxy groups -OCH3 is 2. The molecule has 2 aromatic carbocycles. The molecule has 0 aliphatic rings. The van der Waals surface area contributed by atoms with Crippen molar-refractivity contribution in [2.45, 2.75) is 0 Å². The van der Waals surface area contributed by atoms with Crippen LogP contribution in [0.4, 0.5) is 0 Å². The normalized spacial score (nSPS) is 10.8. The fourth-order valence-electron chi connectivity index (χ4n) is 2.31. The van der Waals surface area contributed by atoms with Crippen LogP contribution in [0.2, 0.25) is 0 Å². The van der Waals surface area contributed by atoms with Gasteiger partial charge in [0.1, 0.15) is 17.2 Å². The first-order valence-electron chi connectivity index (χ1n) is 7.63. The quantitative estimate of drug-likeness (QED) is 0.511. The summed E-state index contributed by atoms with van der Waals surface area (Å²) in [5.41, 5.74) is 1.94. The van der Waals surface area contributed by atoms with E-state index < -0.39 is 0 Å². The van der Waals surface area contributed by atoms with E-state index in [0.717, 1.165) is 5.69 Å². The topological polar surface area (TPSA) is 66.2 Å². The van der Waals surface area contributed by atoms with E-state index in [1.54, 1.807) is 42.3 Å². The maximum Gasteiger partial charge on any atom is 0.189 e. The Morgan fingerprint density at radius 2 is 1.88 bits per heavy atom. The third-order valence-electron chi connectivity index (χ3n) is 3.61. The number of rotatable bonds is 6. The highest BCUT2D eigenvalue weighted by atomic mass is 16.5. The Kier molecular flexibility index (Phi) is 4.89. The van der Waals surface area contributed by atoms with E-state index in [0.29, 0.717) is 22.8 Å². The first-order valence-corrected chi connectivity index (χ1v) is 7.63. The molecule has 0 aliphatic carbocycles. The van der Waals surface area contributed by atoms with Gasteiger partial charge in [0, 0.05) is 6.07 Å². The monoisotopic (exact) mass is 335 g/mol. The van der Waals surface area contributed by atoms with E-state index in [9.17, 15) is 4.79 Å². The molecule has 0 aliphatic heterocycles. The Morgan fingerprint density at radius 1 is 1.08 bits per heavy atom. The Balaban J connectivity index is 1.78. The fourth-order valence-corrected chi connectivity index (χ4v) is 2.31. The van der Waals surface area contributed by atoms with Crippen molar-refractivity contribution in [3.8, 4) is 17.2 Å². The maximum absolute atomic E-state index is 12.4. The maximum atomic E-state index is 12.4. The Labute approximate surface area is 145 Å². The van der Waals surface area contributed by atoms with Crippen LogP contribution in [0.1, 0.15) is 16.1 Å². The van der Waals surface area contributed by atoms with Crippen LogP contribution >= 0.6 is 0 Å². The molecule has 6 nitrogen and oxygen atoms in total. The summed E-state index contributed by atoms with van der Waals surface area (Å²) >= 11 is 0. The van der Waals surface area contributed by atoms with Crippen molar-refractivity contribution in [2.24, 2.45) is 0 Å². The minimum absolute atomic E-state index is 0.186. The van der Waals surface area contributed by atoms with Gasteiger partial charge in [0.05, 0.1) is 31.7 Å². The van der Waals surface area contributed by atoms with Crippen LogP contribution in [0.15, 0.2) is 60.8 Å². The second kappa shape index (κ2) is 7.44. The lowest BCUT2D eigenvalue weighted by atomic mass is 10.1. The Bertz CT molecular complexity index is 901. The van der Waals surface area contributed by atoms with Crippen molar-refractivity contribution in [3.05, 3.63) is 72.1 Å². The lowest BCUT2D eigenvalue weighted by Crippen LogP contribution is -1.99. The summed E-state index contributed by atoms with van der Waals surface area (Å²) in [6, 6.07) is 14.7. The highest BCUT2D eigenvalue weighted by molar-refractivity contribution is 6.08. The van der Waals surface area contributed by atoms with E-state index in [-0.39, 0.29) is 5.78 Å². The van der Waals surface area contributed by atoms with Crippen molar-refractivity contribution >= 4 is 11.9 Å². The Morgan fingerprint density at radius 3 is 2.60 bits per heavy atom. The number of ether oxygens (including phenoxy) is 2. The standard InChI is InChI=1S/C19H17N3O3/c1-24-16-9-10-17(19(12-16)25-2)18(23)11-8-14-13-22(21-20-14)15-6-4-3-5-7-15/h3-13H,1-2H3/b11-8-. The third-order valence-corrected chi connectivity index (χ3v) is 3.61. The first kappa shape index (κ1) is 16.4. The van der Waals surface area contributed by atoms with E-state index in [1.807, 2.05) is 30.3 Å². The van der Waals surface area contributed by atoms with Crippen LogP contribution in [0, 0.1) is 0 Å². The number of para-hydroxylation sites is 1. The largest absolute Gasteiger partial charge is 0.497 e. The lowest BCUT2D eigenvalue weighted by Gasteiger charge is -2.07. The molecule has 25 heavy (non-hydrogen) atoms. The number of aromatic nitrogens is 3. The van der Waals surface area contributed by atoms with Crippen LogP contribution in [-0.4, -0.2) is 35.0 Å². The minimum atomic E-state index is -0.186. The van der Waals surface area contributed by atoms with Gasteiger partial charge in [0.15, 0.2) is 5.78 Å². The number of allylic oxidation sites excluding steroid dienone is 1. The minimum Gasteiger partial charge on any atom is -0.497 e. The molecule has 1 heterocycles. The van der Waals surface area contributed by atoms with Crippen LogP contribution in [0.25, 0.3) is 11.8 Å². The van der Waals surface area contributed by atoms with Gasteiger partial charge < -0.3 is 9.47 Å². The van der Waals surface area contributed by atoms with Gasteiger partial charge in [-0.2, -0.15) is 0 Å². The van der Waals surface area contributed by atoms with Crippen LogP contribution in [0.5, 0.6) is 11.5 Å². The molecule has 126 valence electrons. The zero-order valence-electron chi connectivity index (χ0n) is 13.9. The van der Waals surface area contributed by atoms with Gasteiger partial charge in [-0.3, -0.25) is 4.79 Å². The van der Waals surface area contributed by atoms with Crippen LogP contribution in [0.3, 0.4) is 0 Å². The second-order valence-electron chi connectivity index (χ2n) is 5.19. The average molecular weight is 335 g/mol. The van der Waals surface area contributed by atoms with Crippen LogP contribution < -0.4 is 9.47 Å². The van der Waals surface area contributed by atoms with Crippen molar-refractivity contribution in [1.82, 2.24) is 15.0 Å². The molecule has 1 aromatic heterocycles. The van der Waals surface area contributed by atoms with Crippen molar-refractivity contribution in [1.29, 1.82) is 0 Å². The summed E-state index contributed by atoms with van der Waals surface area (Å²) in [7, 11) is 3.08. The summed E-state index contributed by atoms with van der Waals surface area (Å²) in [5, 5.41) is 8.11. The van der Waals surface area contributed by atoms with Gasteiger partial charge in [-0.05, 0) is 36.4 Å². The number of carbonyl (C=O) groups is 1. The predicted octanol–water partition coefficient (Wildman–Crippen LogP) is 3.18. The molecule has 0 atom stereocenters. The molecule has 0 saturated heterocycles. The number of benzene rings is 2. The van der Waals surface area contributed by atoms with E-state index in [4.69, 9.17) is 9.47 Å². The molecule has 0 spiro atoms. The SMILES string of the molecule is COc1ccc(C(=O)/C=C\c2cn(-c3ccccc3)nn2)c(OC)c1. The summed E-state index contributed by atoms with van der Waals surface area (Å²) in [5.74, 6) is 0.902. The van der Waals surface area contributed by atoms with Gasteiger partial charge in [0.25, 0.3) is 0 Å². The smallest absolute Gasteiger partial charge is 0.189 e. The highest BCUT2D eigenvalue weighted by Gasteiger charge is 2.11. The molecule has 6 heteroatoms. The molecule has 3 aromatic rings. The van der Waals surface area contributed by atoms with Gasteiger partial charge >= 0.3 is 0 Å². The lowest BCUT2D eigenvalue weighted by molar-refractivity contribution is 0.104.